The number of halogens is 1. The Morgan fingerprint density at radius 1 is 1.11 bits per heavy atom. The fourth-order valence-electron chi connectivity index (χ4n) is 6.61. The molecule has 9 heteroatoms. The lowest BCUT2D eigenvalue weighted by molar-refractivity contribution is -0.154. The maximum atomic E-state index is 14.5. The second-order valence-electron chi connectivity index (χ2n) is 10.8. The highest BCUT2D eigenvalue weighted by Gasteiger charge is 2.73. The number of anilines is 1. The minimum absolute atomic E-state index is 0.0830. The van der Waals surface area contributed by atoms with E-state index in [0.29, 0.717) is 43.2 Å². The van der Waals surface area contributed by atoms with Crippen LogP contribution >= 0.6 is 23.4 Å². The first kappa shape index (κ1) is 27.3. The van der Waals surface area contributed by atoms with Crippen LogP contribution in [-0.2, 0) is 19.1 Å². The average Bonchev–Trinajstić information content (AvgIpc) is 3.22. The van der Waals surface area contributed by atoms with Crippen LogP contribution in [0.1, 0.15) is 44.6 Å². The number of aliphatic hydroxyl groups is 1. The Balaban J connectivity index is 1.62. The molecule has 0 aliphatic carbocycles. The van der Waals surface area contributed by atoms with Gasteiger partial charge in [0.2, 0.25) is 5.91 Å². The molecule has 204 valence electrons. The summed E-state index contributed by atoms with van der Waals surface area (Å²) < 4.78 is 4.06. The van der Waals surface area contributed by atoms with Gasteiger partial charge in [0.25, 0.3) is 5.91 Å². The lowest BCUT2D eigenvalue weighted by atomic mass is 9.74. The first-order valence-corrected chi connectivity index (χ1v) is 14.6. The number of ether oxygens (including phenoxy) is 1. The average molecular weight is 559 g/mol. The highest BCUT2D eigenvalue weighted by atomic mass is 35.5. The second kappa shape index (κ2) is 10.7. The summed E-state index contributed by atoms with van der Waals surface area (Å²) >= 11 is 8.16. The Labute approximate surface area is 233 Å². The van der Waals surface area contributed by atoms with E-state index in [0.717, 1.165) is 24.8 Å². The minimum Gasteiger partial charge on any atom is -0.465 e. The van der Waals surface area contributed by atoms with E-state index < -0.39 is 27.4 Å². The topological polar surface area (TPSA) is 87.2 Å². The molecule has 2 amide bonds. The number of fused-ring (bicyclic) bond motifs is 2. The molecule has 4 aliphatic heterocycles. The van der Waals surface area contributed by atoms with Gasteiger partial charge in [-0.05, 0) is 57.6 Å². The van der Waals surface area contributed by atoms with Crippen molar-refractivity contribution in [3.63, 3.8) is 0 Å². The molecule has 1 aromatic carbocycles. The Bertz CT molecular complexity index is 1170. The number of hydrogen-bond acceptors (Lipinski definition) is 6. The number of para-hydroxylation sites is 1. The van der Waals surface area contributed by atoms with E-state index >= 15 is 0 Å². The SMILES string of the molecule is Cc1cccc(Cl)c1N1CC=C[C@]23S[C@@]4(C)/C=C\CCCOC(=O)[C@H]4[C@H]2C(=O)N(CCCCCO)C3C1=O. The third-order valence-electron chi connectivity index (χ3n) is 8.27. The predicted octanol–water partition coefficient (Wildman–Crippen LogP) is 4.29. The molecule has 1 unspecified atom stereocenters. The summed E-state index contributed by atoms with van der Waals surface area (Å²) in [6, 6.07) is 4.76. The van der Waals surface area contributed by atoms with Gasteiger partial charge < -0.3 is 19.6 Å². The summed E-state index contributed by atoms with van der Waals surface area (Å²) in [5, 5.41) is 9.74. The lowest BCUT2D eigenvalue weighted by Gasteiger charge is -2.37. The van der Waals surface area contributed by atoms with E-state index in [9.17, 15) is 19.5 Å². The number of rotatable bonds is 6. The third kappa shape index (κ3) is 4.38. The van der Waals surface area contributed by atoms with Gasteiger partial charge in [0.05, 0.1) is 33.9 Å². The van der Waals surface area contributed by atoms with Crippen molar-refractivity contribution in [2.75, 3.05) is 31.2 Å². The third-order valence-corrected chi connectivity index (χ3v) is 10.4. The van der Waals surface area contributed by atoms with Crippen molar-refractivity contribution in [2.45, 2.75) is 61.5 Å². The van der Waals surface area contributed by atoms with Gasteiger partial charge in [0, 0.05) is 24.4 Å². The van der Waals surface area contributed by atoms with E-state index in [1.807, 2.05) is 38.1 Å². The summed E-state index contributed by atoms with van der Waals surface area (Å²) in [5.41, 5.74) is 1.52. The van der Waals surface area contributed by atoms with Crippen LogP contribution in [0.5, 0.6) is 0 Å². The van der Waals surface area contributed by atoms with Crippen LogP contribution in [0, 0.1) is 18.8 Å². The van der Waals surface area contributed by atoms with Crippen LogP contribution in [0.15, 0.2) is 42.5 Å². The maximum Gasteiger partial charge on any atom is 0.311 e. The monoisotopic (exact) mass is 558 g/mol. The predicted molar refractivity (Wildman–Crippen MR) is 149 cm³/mol. The number of esters is 1. The Morgan fingerprint density at radius 2 is 1.92 bits per heavy atom. The molecular weight excluding hydrogens is 524 g/mol. The first-order chi connectivity index (χ1) is 18.2. The number of amides is 2. The number of benzene rings is 1. The lowest BCUT2D eigenvalue weighted by Crippen LogP contribution is -2.53. The maximum absolute atomic E-state index is 14.5. The molecule has 38 heavy (non-hydrogen) atoms. The molecule has 1 spiro atoms. The molecule has 2 fully saturated rings. The number of thioether (sulfide) groups is 1. The van der Waals surface area contributed by atoms with E-state index in [2.05, 4.69) is 12.2 Å². The Morgan fingerprint density at radius 3 is 2.68 bits per heavy atom. The largest absolute Gasteiger partial charge is 0.465 e. The van der Waals surface area contributed by atoms with Gasteiger partial charge in [-0.1, -0.05) is 48.0 Å². The zero-order valence-corrected chi connectivity index (χ0v) is 23.5. The number of likely N-dealkylation sites (tertiary alicyclic amines) is 1. The van der Waals surface area contributed by atoms with E-state index in [1.54, 1.807) is 27.6 Å². The fraction of sp³-hybridized carbons (Fsp3) is 0.552. The first-order valence-electron chi connectivity index (χ1n) is 13.5. The molecule has 0 saturated carbocycles. The van der Waals surface area contributed by atoms with Crippen LogP contribution in [-0.4, -0.2) is 69.6 Å². The van der Waals surface area contributed by atoms with Gasteiger partial charge in [-0.25, -0.2) is 0 Å². The number of aryl methyl sites for hydroxylation is 1. The number of carbonyl (C=O) groups excluding carboxylic acids is 3. The van der Waals surface area contributed by atoms with Crippen molar-refractivity contribution in [1.82, 2.24) is 4.90 Å². The molecule has 0 bridgehead atoms. The van der Waals surface area contributed by atoms with Crippen molar-refractivity contribution in [3.8, 4) is 0 Å². The van der Waals surface area contributed by atoms with Crippen molar-refractivity contribution in [2.24, 2.45) is 11.8 Å². The Kier molecular flexibility index (Phi) is 7.68. The van der Waals surface area contributed by atoms with Gasteiger partial charge in [0.1, 0.15) is 6.04 Å². The van der Waals surface area contributed by atoms with Crippen molar-refractivity contribution in [1.29, 1.82) is 0 Å². The number of nitrogens with zero attached hydrogens (tertiary/aromatic N) is 2. The fourth-order valence-corrected chi connectivity index (χ4v) is 9.09. The summed E-state index contributed by atoms with van der Waals surface area (Å²) in [5.74, 6) is -2.16. The minimum atomic E-state index is -0.920. The van der Waals surface area contributed by atoms with Crippen LogP contribution in [0.25, 0.3) is 0 Å². The number of aliphatic hydroxyl groups excluding tert-OH is 1. The van der Waals surface area contributed by atoms with Gasteiger partial charge in [-0.15, -0.1) is 11.8 Å². The highest BCUT2D eigenvalue weighted by molar-refractivity contribution is 8.02. The van der Waals surface area contributed by atoms with Crippen molar-refractivity contribution >= 4 is 46.8 Å². The second-order valence-corrected chi connectivity index (χ2v) is 13.0. The van der Waals surface area contributed by atoms with Crippen LogP contribution in [0.3, 0.4) is 0 Å². The molecular formula is C29H35ClN2O5S. The van der Waals surface area contributed by atoms with E-state index in [1.165, 1.54) is 0 Å². The quantitative estimate of drug-likeness (QED) is 0.318. The molecule has 0 aromatic heterocycles. The van der Waals surface area contributed by atoms with E-state index in [-0.39, 0.29) is 24.4 Å². The zero-order chi connectivity index (χ0) is 27.1. The molecule has 5 atom stereocenters. The molecule has 0 radical (unpaired) electrons. The van der Waals surface area contributed by atoms with Crippen LogP contribution in [0.4, 0.5) is 5.69 Å². The summed E-state index contributed by atoms with van der Waals surface area (Å²) in [6.45, 7) is 5.02. The summed E-state index contributed by atoms with van der Waals surface area (Å²) in [6.07, 6.45) is 11.6. The van der Waals surface area contributed by atoms with Crippen molar-refractivity contribution < 1.29 is 24.2 Å². The standard InChI is InChI=1S/C29H35ClN2O5S/c1-19-11-9-12-20(30)23(19)31-16-10-14-29-21(22-27(36)37-18-8-3-5-13-28(22,2)38-29)25(34)32(24(29)26(31)35)15-6-4-7-17-33/h5,9-14,21-22,24,33H,3-4,6-8,15-18H2,1-2H3/b13-5-/t21-,22+,24?,28-,29-/m0/s1. The highest BCUT2D eigenvalue weighted by Crippen LogP contribution is 2.65. The summed E-state index contributed by atoms with van der Waals surface area (Å²) in [4.78, 5) is 45.7. The number of hydrogen-bond donors (Lipinski definition) is 1. The molecule has 4 aliphatic rings. The molecule has 1 N–H and O–H groups in total. The van der Waals surface area contributed by atoms with Gasteiger partial charge >= 0.3 is 5.97 Å². The number of cyclic esters (lactones) is 1. The zero-order valence-electron chi connectivity index (χ0n) is 21.9. The van der Waals surface area contributed by atoms with Gasteiger partial charge in [-0.3, -0.25) is 14.4 Å². The Hall–Kier alpha value is -2.29. The smallest absolute Gasteiger partial charge is 0.311 e. The molecule has 1 aromatic rings. The van der Waals surface area contributed by atoms with Crippen LogP contribution < -0.4 is 4.90 Å². The van der Waals surface area contributed by atoms with E-state index in [4.69, 9.17) is 16.3 Å². The van der Waals surface area contributed by atoms with Crippen molar-refractivity contribution in [3.05, 3.63) is 53.1 Å². The normalized spacial score (nSPS) is 33.6. The van der Waals surface area contributed by atoms with Gasteiger partial charge in [-0.2, -0.15) is 0 Å². The van der Waals surface area contributed by atoms with Gasteiger partial charge in [0.15, 0.2) is 0 Å². The molecule has 4 heterocycles. The van der Waals surface area contributed by atoms with Crippen LogP contribution in [0.2, 0.25) is 5.02 Å². The number of carbonyl (C=O) groups is 3. The molecule has 7 nitrogen and oxygen atoms in total. The number of unbranched alkanes of at least 4 members (excludes halogenated alkanes) is 2. The summed E-state index contributed by atoms with van der Waals surface area (Å²) in [7, 11) is 0. The molecule has 5 rings (SSSR count). The molecule has 2 saturated heterocycles. The number of allylic oxidation sites excluding steroid dienone is 1.